The summed E-state index contributed by atoms with van der Waals surface area (Å²) in [5.74, 6) is 1.93. The zero-order valence-electron chi connectivity index (χ0n) is 29.3. The third-order valence-electron chi connectivity index (χ3n) is 8.82. The molecule has 0 spiro atoms. The third kappa shape index (κ3) is 10.8. The van der Waals surface area contributed by atoms with Gasteiger partial charge < -0.3 is 29.9 Å². The molecule has 0 saturated heterocycles. The van der Waals surface area contributed by atoms with Gasteiger partial charge in [-0.2, -0.15) is 0 Å². The molecule has 0 atom stereocenters. The lowest BCUT2D eigenvalue weighted by atomic mass is 9.64. The van der Waals surface area contributed by atoms with Crippen LogP contribution in [0.5, 0.6) is 11.5 Å². The van der Waals surface area contributed by atoms with E-state index in [4.69, 9.17) is 19.7 Å². The van der Waals surface area contributed by atoms with Crippen LogP contribution in [0.25, 0.3) is 0 Å². The van der Waals surface area contributed by atoms with Gasteiger partial charge in [0.25, 0.3) is 0 Å². The molecule has 4 rings (SSSR count). The lowest BCUT2D eigenvalue weighted by Gasteiger charge is -2.40. The van der Waals surface area contributed by atoms with Crippen LogP contribution in [-0.4, -0.2) is 60.1 Å². The Labute approximate surface area is 278 Å². The highest BCUT2D eigenvalue weighted by molar-refractivity contribution is 5.54. The summed E-state index contributed by atoms with van der Waals surface area (Å²) in [7, 11) is 0. The summed E-state index contributed by atoms with van der Waals surface area (Å²) in [6, 6.07) is 18.0. The molecule has 1 saturated carbocycles. The van der Waals surface area contributed by atoms with Gasteiger partial charge in [0.2, 0.25) is 0 Å². The summed E-state index contributed by atoms with van der Waals surface area (Å²) < 4.78 is 12.0. The number of ether oxygens (including phenoxy) is 2. The predicted octanol–water partition coefficient (Wildman–Crippen LogP) is 7.20. The summed E-state index contributed by atoms with van der Waals surface area (Å²) >= 11 is 0. The monoisotopic (exact) mass is 636 g/mol. The van der Waals surface area contributed by atoms with E-state index in [2.05, 4.69) is 90.1 Å². The quantitative estimate of drug-likeness (QED) is 0.158. The molecule has 0 amide bonds. The number of benzene rings is 3. The van der Waals surface area contributed by atoms with Gasteiger partial charge in [-0.1, -0.05) is 107 Å². The smallest absolute Gasteiger partial charge is 0.125 e. The topological polar surface area (TPSA) is 99.4 Å². The van der Waals surface area contributed by atoms with E-state index in [1.165, 1.54) is 63.8 Å². The molecule has 256 valence electrons. The average molecular weight is 637 g/mol. The number of rotatable bonds is 13. The lowest BCUT2D eigenvalue weighted by Crippen LogP contribution is -2.31. The molecule has 0 unspecified atom stereocenters. The van der Waals surface area contributed by atoms with Gasteiger partial charge in [-0.15, -0.1) is 0 Å². The normalized spacial score (nSPS) is 13.6. The van der Waals surface area contributed by atoms with Crippen LogP contribution in [0.1, 0.15) is 104 Å². The number of hydrogen-bond acceptors (Lipinski definition) is 6. The molecule has 0 heterocycles. The molecule has 1 fully saturated rings. The van der Waals surface area contributed by atoms with E-state index in [0.717, 1.165) is 50.0 Å². The molecular weight excluding hydrogens is 576 g/mol. The fourth-order valence-electron chi connectivity index (χ4n) is 6.31. The van der Waals surface area contributed by atoms with Crippen molar-refractivity contribution in [3.8, 4) is 11.5 Å². The van der Waals surface area contributed by atoms with E-state index in [0.29, 0.717) is 13.2 Å². The second-order valence-electron chi connectivity index (χ2n) is 12.1. The zero-order chi connectivity index (χ0) is 34.0. The van der Waals surface area contributed by atoms with E-state index in [-0.39, 0.29) is 31.8 Å². The first-order chi connectivity index (χ1) is 22.3. The summed E-state index contributed by atoms with van der Waals surface area (Å²) in [6.45, 7) is 13.4. The molecule has 1 aliphatic carbocycles. The summed E-state index contributed by atoms with van der Waals surface area (Å²) in [6.07, 6.45) is 9.70. The molecule has 3 aromatic carbocycles. The second-order valence-corrected chi connectivity index (χ2v) is 12.1. The average Bonchev–Trinajstić information content (AvgIpc) is 3.10. The Balaban J connectivity index is 0.000000514. The van der Waals surface area contributed by atoms with E-state index in [9.17, 15) is 10.2 Å². The largest absolute Gasteiger partial charge is 0.491 e. The van der Waals surface area contributed by atoms with Crippen molar-refractivity contribution in [2.45, 2.75) is 105 Å². The van der Waals surface area contributed by atoms with Crippen LogP contribution in [0.4, 0.5) is 0 Å². The SMILES string of the molecule is CCc1cc(C2(c3cc(CC)c(OCCO)c(CC)c3)CCCCC2)cc(CC)c1OCCO.Cc1ccc(C)cc1.OCCO. The maximum atomic E-state index is 9.33. The Morgan fingerprint density at radius 1 is 0.522 bits per heavy atom. The molecule has 0 radical (unpaired) electrons. The van der Waals surface area contributed by atoms with Gasteiger partial charge in [0.1, 0.15) is 24.7 Å². The minimum Gasteiger partial charge on any atom is -0.491 e. The highest BCUT2D eigenvalue weighted by atomic mass is 16.5. The summed E-state index contributed by atoms with van der Waals surface area (Å²) in [4.78, 5) is 0. The standard InChI is InChI=1S/C30H44O4.C8H10.C2H6O2/c1-5-22-18-26(19-23(6-2)28(22)33-16-14-31)30(12-10-9-11-13-30)27-20-24(7-3)29(34-17-15-32)25(8-4)21-27;1-7-3-5-8(2)6-4-7;3-1-2-4/h18-21,31-32H,5-17H2,1-4H3;3-6H,1-2H3;3-4H,1-2H2. The molecule has 0 aliphatic heterocycles. The molecule has 1 aliphatic rings. The van der Waals surface area contributed by atoms with Crippen molar-refractivity contribution in [2.24, 2.45) is 0 Å². The predicted molar refractivity (Wildman–Crippen MR) is 190 cm³/mol. The van der Waals surface area contributed by atoms with E-state index >= 15 is 0 Å². The number of aliphatic hydroxyl groups excluding tert-OH is 4. The summed E-state index contributed by atoms with van der Waals surface area (Å²) in [5, 5.41) is 33.9. The molecule has 3 aromatic rings. The maximum absolute atomic E-state index is 9.33. The maximum Gasteiger partial charge on any atom is 0.125 e. The van der Waals surface area contributed by atoms with Crippen molar-refractivity contribution in [1.29, 1.82) is 0 Å². The first-order valence-electron chi connectivity index (χ1n) is 17.3. The van der Waals surface area contributed by atoms with Crippen LogP contribution >= 0.6 is 0 Å². The second kappa shape index (κ2) is 21.1. The number of aryl methyl sites for hydroxylation is 6. The number of hydrogen-bond donors (Lipinski definition) is 4. The Morgan fingerprint density at radius 2 is 0.848 bits per heavy atom. The van der Waals surface area contributed by atoms with Crippen molar-refractivity contribution < 1.29 is 29.9 Å². The van der Waals surface area contributed by atoms with Crippen LogP contribution in [0, 0.1) is 13.8 Å². The van der Waals surface area contributed by atoms with Gasteiger partial charge in [-0.05, 0) is 85.8 Å². The van der Waals surface area contributed by atoms with Crippen LogP contribution < -0.4 is 9.47 Å². The van der Waals surface area contributed by atoms with Crippen LogP contribution in [0.2, 0.25) is 0 Å². The molecule has 6 nitrogen and oxygen atoms in total. The summed E-state index contributed by atoms with van der Waals surface area (Å²) in [5.41, 5.74) is 10.4. The molecule has 6 heteroatoms. The van der Waals surface area contributed by atoms with Gasteiger partial charge in [0, 0.05) is 5.41 Å². The minimum atomic E-state index is -0.125. The Hall–Kier alpha value is -2.90. The van der Waals surface area contributed by atoms with Gasteiger partial charge in [-0.3, -0.25) is 0 Å². The fourth-order valence-corrected chi connectivity index (χ4v) is 6.31. The number of aliphatic hydroxyl groups is 4. The Morgan fingerprint density at radius 3 is 1.11 bits per heavy atom. The van der Waals surface area contributed by atoms with Crippen molar-refractivity contribution in [3.63, 3.8) is 0 Å². The van der Waals surface area contributed by atoms with Gasteiger partial charge >= 0.3 is 0 Å². The molecule has 4 N–H and O–H groups in total. The lowest BCUT2D eigenvalue weighted by molar-refractivity contribution is 0.186. The molecule has 0 aromatic heterocycles. The fraction of sp³-hybridized carbons (Fsp3) is 0.550. The minimum absolute atomic E-state index is 0.00898. The Kier molecular flexibility index (Phi) is 18.0. The van der Waals surface area contributed by atoms with E-state index < -0.39 is 0 Å². The van der Waals surface area contributed by atoms with Crippen molar-refractivity contribution in [3.05, 3.63) is 93.0 Å². The van der Waals surface area contributed by atoms with Crippen molar-refractivity contribution in [1.82, 2.24) is 0 Å². The van der Waals surface area contributed by atoms with Crippen LogP contribution in [0.3, 0.4) is 0 Å². The van der Waals surface area contributed by atoms with Gasteiger partial charge in [0.05, 0.1) is 26.4 Å². The van der Waals surface area contributed by atoms with Gasteiger partial charge in [-0.25, -0.2) is 0 Å². The van der Waals surface area contributed by atoms with E-state index in [1.807, 2.05) is 0 Å². The van der Waals surface area contributed by atoms with E-state index in [1.54, 1.807) is 0 Å². The van der Waals surface area contributed by atoms with Crippen molar-refractivity contribution in [2.75, 3.05) is 39.6 Å². The van der Waals surface area contributed by atoms with Crippen molar-refractivity contribution >= 4 is 0 Å². The Bertz CT molecular complexity index is 1130. The highest BCUT2D eigenvalue weighted by Gasteiger charge is 2.37. The molecule has 0 bridgehead atoms. The molecular formula is C40H60O6. The van der Waals surface area contributed by atoms with Gasteiger partial charge in [0.15, 0.2) is 0 Å². The first-order valence-corrected chi connectivity index (χ1v) is 17.3. The first kappa shape index (κ1) is 39.3. The third-order valence-corrected chi connectivity index (χ3v) is 8.82. The molecule has 46 heavy (non-hydrogen) atoms. The van der Waals surface area contributed by atoms with Crippen LogP contribution in [0.15, 0.2) is 48.5 Å². The van der Waals surface area contributed by atoms with Crippen LogP contribution in [-0.2, 0) is 31.1 Å². The highest BCUT2D eigenvalue weighted by Crippen LogP contribution is 2.48. The zero-order valence-corrected chi connectivity index (χ0v) is 29.3.